The number of carbonyl (C=O) groups is 1. The molecular weight excluding hydrogens is 206 g/mol. The van der Waals surface area contributed by atoms with Crippen LogP contribution < -0.4 is 4.31 Å². The molecule has 0 aliphatic heterocycles. The lowest BCUT2D eigenvalue weighted by Crippen LogP contribution is -2.24. The van der Waals surface area contributed by atoms with Gasteiger partial charge in [0.2, 0.25) is 0 Å². The number of para-hydroxylation sites is 1. The minimum atomic E-state index is -0.0342. The van der Waals surface area contributed by atoms with Gasteiger partial charge >= 0.3 is 0 Å². The van der Waals surface area contributed by atoms with E-state index in [0.29, 0.717) is 5.57 Å². The largest absolute Gasteiger partial charge is 0.268 e. The normalized spacial score (nSPS) is 9.73. The SMILES string of the molecule is C=C(C)C(=O)N(SCC)c1ccccc1. The summed E-state index contributed by atoms with van der Waals surface area (Å²) in [5, 5.41) is 0. The maximum Gasteiger partial charge on any atom is 0.263 e. The maximum atomic E-state index is 11.8. The second-order valence-corrected chi connectivity index (χ2v) is 4.33. The van der Waals surface area contributed by atoms with Gasteiger partial charge < -0.3 is 0 Å². The minimum absolute atomic E-state index is 0.0342. The summed E-state index contributed by atoms with van der Waals surface area (Å²) in [6, 6.07) is 9.62. The van der Waals surface area contributed by atoms with Crippen LogP contribution in [0.4, 0.5) is 5.69 Å². The molecule has 0 bridgehead atoms. The highest BCUT2D eigenvalue weighted by atomic mass is 32.2. The fourth-order valence-electron chi connectivity index (χ4n) is 1.12. The number of anilines is 1. The lowest BCUT2D eigenvalue weighted by atomic mass is 10.3. The third-order valence-corrected chi connectivity index (χ3v) is 2.69. The molecule has 1 rings (SSSR count). The van der Waals surface area contributed by atoms with E-state index in [2.05, 4.69) is 6.58 Å². The molecule has 0 aliphatic rings. The Morgan fingerprint density at radius 2 is 2.00 bits per heavy atom. The van der Waals surface area contributed by atoms with E-state index in [1.807, 2.05) is 37.3 Å². The first-order valence-corrected chi connectivity index (χ1v) is 5.79. The number of rotatable bonds is 4. The summed E-state index contributed by atoms with van der Waals surface area (Å²) >= 11 is 1.49. The third-order valence-electron chi connectivity index (χ3n) is 1.80. The topological polar surface area (TPSA) is 20.3 Å². The number of amides is 1. The van der Waals surface area contributed by atoms with Gasteiger partial charge in [0.05, 0.1) is 5.69 Å². The highest BCUT2D eigenvalue weighted by Crippen LogP contribution is 2.23. The summed E-state index contributed by atoms with van der Waals surface area (Å²) in [5.41, 5.74) is 1.46. The molecule has 1 amide bonds. The molecule has 3 heteroatoms. The summed E-state index contributed by atoms with van der Waals surface area (Å²) < 4.78 is 1.68. The fourth-order valence-corrected chi connectivity index (χ4v) is 1.92. The minimum Gasteiger partial charge on any atom is -0.268 e. The van der Waals surface area contributed by atoms with Gasteiger partial charge in [0.1, 0.15) is 0 Å². The Hall–Kier alpha value is -1.22. The molecule has 0 N–H and O–H groups in total. The van der Waals surface area contributed by atoms with Gasteiger partial charge in [-0.25, -0.2) is 0 Å². The number of benzene rings is 1. The van der Waals surface area contributed by atoms with E-state index in [1.54, 1.807) is 11.2 Å². The Labute approximate surface area is 95.1 Å². The predicted octanol–water partition coefficient (Wildman–Crippen LogP) is 3.26. The Morgan fingerprint density at radius 1 is 1.40 bits per heavy atom. The monoisotopic (exact) mass is 221 g/mol. The first kappa shape index (κ1) is 11.9. The first-order valence-electron chi connectivity index (χ1n) is 4.84. The third kappa shape index (κ3) is 3.13. The maximum absolute atomic E-state index is 11.8. The van der Waals surface area contributed by atoms with Crippen molar-refractivity contribution in [1.29, 1.82) is 0 Å². The summed E-state index contributed by atoms with van der Waals surface area (Å²) in [6.45, 7) is 7.43. The van der Waals surface area contributed by atoms with Gasteiger partial charge in [-0.1, -0.05) is 31.7 Å². The van der Waals surface area contributed by atoms with Gasteiger partial charge in [0.25, 0.3) is 5.91 Å². The van der Waals surface area contributed by atoms with Gasteiger partial charge in [-0.2, -0.15) is 0 Å². The Bertz CT molecular complexity index is 348. The molecule has 1 aromatic rings. The summed E-state index contributed by atoms with van der Waals surface area (Å²) in [6.07, 6.45) is 0. The smallest absolute Gasteiger partial charge is 0.263 e. The van der Waals surface area contributed by atoms with Crippen molar-refractivity contribution in [3.05, 3.63) is 42.5 Å². The average Bonchev–Trinajstić information content (AvgIpc) is 2.26. The zero-order valence-corrected chi connectivity index (χ0v) is 9.88. The lowest BCUT2D eigenvalue weighted by molar-refractivity contribution is -0.113. The Kier molecular flexibility index (Phi) is 4.43. The van der Waals surface area contributed by atoms with Crippen molar-refractivity contribution in [1.82, 2.24) is 0 Å². The lowest BCUT2D eigenvalue weighted by Gasteiger charge is -2.20. The van der Waals surface area contributed by atoms with E-state index in [1.165, 1.54) is 11.9 Å². The van der Waals surface area contributed by atoms with Crippen molar-refractivity contribution in [3.8, 4) is 0 Å². The molecule has 0 saturated carbocycles. The van der Waals surface area contributed by atoms with Crippen molar-refractivity contribution in [2.45, 2.75) is 13.8 Å². The molecule has 0 atom stereocenters. The first-order chi connectivity index (χ1) is 7.16. The van der Waals surface area contributed by atoms with E-state index in [-0.39, 0.29) is 5.91 Å². The van der Waals surface area contributed by atoms with Crippen molar-refractivity contribution in [3.63, 3.8) is 0 Å². The molecule has 0 heterocycles. The zero-order chi connectivity index (χ0) is 11.3. The van der Waals surface area contributed by atoms with Gasteiger partial charge in [-0.3, -0.25) is 9.10 Å². The van der Waals surface area contributed by atoms with Gasteiger partial charge in [0, 0.05) is 11.3 Å². The van der Waals surface area contributed by atoms with Gasteiger partial charge in [0.15, 0.2) is 0 Å². The fraction of sp³-hybridized carbons (Fsp3) is 0.250. The molecule has 0 aromatic heterocycles. The molecule has 15 heavy (non-hydrogen) atoms. The molecule has 80 valence electrons. The highest BCUT2D eigenvalue weighted by molar-refractivity contribution is 8.01. The van der Waals surface area contributed by atoms with Crippen molar-refractivity contribution >= 4 is 23.5 Å². The van der Waals surface area contributed by atoms with Crippen LogP contribution in [0.2, 0.25) is 0 Å². The second kappa shape index (κ2) is 5.61. The van der Waals surface area contributed by atoms with Crippen LogP contribution in [0.1, 0.15) is 13.8 Å². The van der Waals surface area contributed by atoms with E-state index in [4.69, 9.17) is 0 Å². The van der Waals surface area contributed by atoms with E-state index < -0.39 is 0 Å². The van der Waals surface area contributed by atoms with Crippen LogP contribution in [0.15, 0.2) is 42.5 Å². The van der Waals surface area contributed by atoms with Gasteiger partial charge in [-0.05, 0) is 31.0 Å². The van der Waals surface area contributed by atoms with E-state index in [9.17, 15) is 4.79 Å². The van der Waals surface area contributed by atoms with Gasteiger partial charge in [-0.15, -0.1) is 0 Å². The van der Waals surface area contributed by atoms with E-state index >= 15 is 0 Å². The zero-order valence-electron chi connectivity index (χ0n) is 9.06. The second-order valence-electron chi connectivity index (χ2n) is 3.13. The number of nitrogens with zero attached hydrogens (tertiary/aromatic N) is 1. The van der Waals surface area contributed by atoms with Crippen molar-refractivity contribution in [2.24, 2.45) is 0 Å². The summed E-state index contributed by atoms with van der Waals surface area (Å²) in [4.78, 5) is 11.8. The summed E-state index contributed by atoms with van der Waals surface area (Å²) in [7, 11) is 0. The molecule has 0 saturated heterocycles. The molecule has 0 aliphatic carbocycles. The van der Waals surface area contributed by atoms with E-state index in [0.717, 1.165) is 11.4 Å². The Morgan fingerprint density at radius 3 is 2.47 bits per heavy atom. The van der Waals surface area contributed by atoms with Crippen molar-refractivity contribution in [2.75, 3.05) is 10.1 Å². The highest BCUT2D eigenvalue weighted by Gasteiger charge is 2.15. The molecule has 2 nitrogen and oxygen atoms in total. The number of hydrogen-bond acceptors (Lipinski definition) is 2. The standard InChI is InChI=1S/C12H15NOS/c1-4-15-13(12(14)10(2)3)11-8-6-5-7-9-11/h5-9H,2,4H2,1,3H3. The van der Waals surface area contributed by atoms with Crippen molar-refractivity contribution < 1.29 is 4.79 Å². The van der Waals surface area contributed by atoms with Crippen LogP contribution in [-0.2, 0) is 4.79 Å². The van der Waals surface area contributed by atoms with Crippen LogP contribution in [0.25, 0.3) is 0 Å². The molecule has 0 spiro atoms. The van der Waals surface area contributed by atoms with Crippen LogP contribution in [0.3, 0.4) is 0 Å². The Balaban J connectivity index is 2.93. The van der Waals surface area contributed by atoms with Crippen LogP contribution >= 0.6 is 11.9 Å². The molecule has 1 aromatic carbocycles. The molecular formula is C12H15NOS. The van der Waals surface area contributed by atoms with Crippen LogP contribution in [0, 0.1) is 0 Å². The number of carbonyl (C=O) groups excluding carboxylic acids is 1. The molecule has 0 fully saturated rings. The molecule has 0 unspecified atom stereocenters. The summed E-state index contributed by atoms with van der Waals surface area (Å²) in [5.74, 6) is 0.821. The molecule has 0 radical (unpaired) electrons. The van der Waals surface area contributed by atoms with Crippen LogP contribution in [0.5, 0.6) is 0 Å². The number of hydrogen-bond donors (Lipinski definition) is 0. The quantitative estimate of drug-likeness (QED) is 0.574. The van der Waals surface area contributed by atoms with Crippen LogP contribution in [-0.4, -0.2) is 11.7 Å². The average molecular weight is 221 g/mol. The predicted molar refractivity (Wildman–Crippen MR) is 66.9 cm³/mol.